The standard InChI is InChI=1S/C25H26N4O4/c1-17-7-8-22-21(13-17)29(24(30)16-32-22)14-23-26-19(15-33-23)25(31)28-11-9-27(10-12-28)20-6-4-3-5-18(20)2/h3-8,13,15H,9-12,14,16H2,1-2H3. The van der Waals surface area contributed by atoms with Crippen molar-refractivity contribution in [3.8, 4) is 5.75 Å². The molecule has 5 rings (SSSR count). The molecule has 2 aliphatic rings. The van der Waals surface area contributed by atoms with Crippen LogP contribution >= 0.6 is 0 Å². The maximum absolute atomic E-state index is 13.0. The molecule has 0 unspecified atom stereocenters. The number of oxazole rings is 1. The fourth-order valence-corrected chi connectivity index (χ4v) is 4.33. The monoisotopic (exact) mass is 446 g/mol. The van der Waals surface area contributed by atoms with Crippen LogP contribution < -0.4 is 14.5 Å². The zero-order valence-electron chi connectivity index (χ0n) is 18.8. The normalized spacial score (nSPS) is 15.9. The Hall–Kier alpha value is -3.81. The molecule has 33 heavy (non-hydrogen) atoms. The largest absolute Gasteiger partial charge is 0.482 e. The number of para-hydroxylation sites is 1. The fourth-order valence-electron chi connectivity index (χ4n) is 4.33. The summed E-state index contributed by atoms with van der Waals surface area (Å²) in [4.78, 5) is 35.6. The summed E-state index contributed by atoms with van der Waals surface area (Å²) in [6, 6.07) is 14.0. The number of hydrogen-bond acceptors (Lipinski definition) is 6. The highest BCUT2D eigenvalue weighted by molar-refractivity contribution is 5.97. The van der Waals surface area contributed by atoms with Crippen molar-refractivity contribution >= 4 is 23.2 Å². The molecular weight excluding hydrogens is 420 g/mol. The van der Waals surface area contributed by atoms with Crippen LogP contribution in [-0.4, -0.2) is 54.5 Å². The van der Waals surface area contributed by atoms with E-state index in [4.69, 9.17) is 9.15 Å². The quantitative estimate of drug-likeness (QED) is 0.613. The second-order valence-corrected chi connectivity index (χ2v) is 8.43. The van der Waals surface area contributed by atoms with Gasteiger partial charge in [0.25, 0.3) is 11.8 Å². The first kappa shape index (κ1) is 21.1. The maximum Gasteiger partial charge on any atom is 0.275 e. The third-order valence-corrected chi connectivity index (χ3v) is 6.14. The van der Waals surface area contributed by atoms with Crippen LogP contribution in [0, 0.1) is 13.8 Å². The third kappa shape index (κ3) is 4.16. The molecule has 3 heterocycles. The van der Waals surface area contributed by atoms with E-state index < -0.39 is 0 Å². The molecule has 0 N–H and O–H groups in total. The van der Waals surface area contributed by atoms with Crippen molar-refractivity contribution in [2.24, 2.45) is 0 Å². The molecule has 0 radical (unpaired) electrons. The molecule has 8 heteroatoms. The van der Waals surface area contributed by atoms with E-state index in [9.17, 15) is 9.59 Å². The molecule has 3 aromatic rings. The SMILES string of the molecule is Cc1ccc2c(c1)N(Cc1nc(C(=O)N3CCN(c4ccccc4C)CC3)co1)C(=O)CO2. The lowest BCUT2D eigenvalue weighted by Gasteiger charge is -2.36. The van der Waals surface area contributed by atoms with Gasteiger partial charge in [-0.25, -0.2) is 4.98 Å². The van der Waals surface area contributed by atoms with Crippen molar-refractivity contribution < 1.29 is 18.7 Å². The number of carbonyl (C=O) groups excluding carboxylic acids is 2. The van der Waals surface area contributed by atoms with Crippen molar-refractivity contribution in [2.75, 3.05) is 42.6 Å². The van der Waals surface area contributed by atoms with E-state index in [-0.39, 0.29) is 30.7 Å². The molecule has 1 aromatic heterocycles. The van der Waals surface area contributed by atoms with E-state index in [1.54, 1.807) is 9.80 Å². The number of ether oxygens (including phenoxy) is 1. The van der Waals surface area contributed by atoms with Crippen molar-refractivity contribution in [3.05, 3.63) is 71.4 Å². The second kappa shape index (κ2) is 8.61. The number of aromatic nitrogens is 1. The molecule has 0 atom stereocenters. The van der Waals surface area contributed by atoms with Gasteiger partial charge in [0, 0.05) is 31.9 Å². The predicted molar refractivity (Wildman–Crippen MR) is 124 cm³/mol. The van der Waals surface area contributed by atoms with Gasteiger partial charge in [0.05, 0.1) is 5.69 Å². The minimum Gasteiger partial charge on any atom is -0.482 e. The Morgan fingerprint density at radius 3 is 2.61 bits per heavy atom. The molecule has 1 saturated heterocycles. The number of anilines is 2. The molecule has 2 amide bonds. The Labute approximate surface area is 192 Å². The van der Waals surface area contributed by atoms with Gasteiger partial charge in [-0.1, -0.05) is 24.3 Å². The number of nitrogens with zero attached hydrogens (tertiary/aromatic N) is 4. The van der Waals surface area contributed by atoms with E-state index in [2.05, 4.69) is 28.9 Å². The van der Waals surface area contributed by atoms with E-state index in [1.165, 1.54) is 17.5 Å². The van der Waals surface area contributed by atoms with Gasteiger partial charge < -0.3 is 19.0 Å². The van der Waals surface area contributed by atoms with Crippen LogP contribution in [0.1, 0.15) is 27.5 Å². The van der Waals surface area contributed by atoms with Gasteiger partial charge in [0.15, 0.2) is 12.3 Å². The van der Waals surface area contributed by atoms with Gasteiger partial charge in [-0.3, -0.25) is 14.5 Å². The topological polar surface area (TPSA) is 79.1 Å². The zero-order chi connectivity index (χ0) is 22.9. The van der Waals surface area contributed by atoms with Crippen molar-refractivity contribution in [1.29, 1.82) is 0 Å². The average Bonchev–Trinajstić information content (AvgIpc) is 3.30. The number of piperazine rings is 1. The Kier molecular flexibility index (Phi) is 5.50. The summed E-state index contributed by atoms with van der Waals surface area (Å²) in [5.41, 5.74) is 4.40. The number of hydrogen-bond donors (Lipinski definition) is 0. The molecule has 2 aliphatic heterocycles. The highest BCUT2D eigenvalue weighted by atomic mass is 16.5. The van der Waals surface area contributed by atoms with Crippen LogP contribution in [0.4, 0.5) is 11.4 Å². The Bertz CT molecular complexity index is 1200. The molecule has 0 aliphatic carbocycles. The highest BCUT2D eigenvalue weighted by Crippen LogP contribution is 2.33. The Morgan fingerprint density at radius 2 is 1.82 bits per heavy atom. The van der Waals surface area contributed by atoms with E-state index in [1.807, 2.05) is 37.3 Å². The molecule has 8 nitrogen and oxygen atoms in total. The summed E-state index contributed by atoms with van der Waals surface area (Å²) in [5.74, 6) is 0.639. The maximum atomic E-state index is 13.0. The van der Waals surface area contributed by atoms with Crippen molar-refractivity contribution in [1.82, 2.24) is 9.88 Å². The molecule has 0 saturated carbocycles. The molecule has 170 valence electrons. The van der Waals surface area contributed by atoms with Crippen LogP contribution in [-0.2, 0) is 11.3 Å². The second-order valence-electron chi connectivity index (χ2n) is 8.43. The Balaban J connectivity index is 1.25. The third-order valence-electron chi connectivity index (χ3n) is 6.14. The summed E-state index contributed by atoms with van der Waals surface area (Å²) < 4.78 is 11.1. The average molecular weight is 447 g/mol. The van der Waals surface area contributed by atoms with Crippen LogP contribution in [0.3, 0.4) is 0 Å². The van der Waals surface area contributed by atoms with Crippen molar-refractivity contribution in [3.63, 3.8) is 0 Å². The summed E-state index contributed by atoms with van der Waals surface area (Å²) in [5, 5.41) is 0. The number of amides is 2. The lowest BCUT2D eigenvalue weighted by atomic mass is 10.1. The smallest absolute Gasteiger partial charge is 0.275 e. The first-order valence-corrected chi connectivity index (χ1v) is 11.1. The van der Waals surface area contributed by atoms with Crippen LogP contribution in [0.25, 0.3) is 0 Å². The molecular formula is C25H26N4O4. The summed E-state index contributed by atoms with van der Waals surface area (Å²) in [7, 11) is 0. The predicted octanol–water partition coefficient (Wildman–Crippen LogP) is 3.18. The van der Waals surface area contributed by atoms with Gasteiger partial charge in [-0.15, -0.1) is 0 Å². The molecule has 1 fully saturated rings. The lowest BCUT2D eigenvalue weighted by molar-refractivity contribution is -0.121. The van der Waals surface area contributed by atoms with Gasteiger partial charge in [0.2, 0.25) is 5.89 Å². The van der Waals surface area contributed by atoms with E-state index >= 15 is 0 Å². The zero-order valence-corrected chi connectivity index (χ0v) is 18.8. The highest BCUT2D eigenvalue weighted by Gasteiger charge is 2.29. The molecule has 0 spiro atoms. The number of fused-ring (bicyclic) bond motifs is 1. The summed E-state index contributed by atoms with van der Waals surface area (Å²) in [6.45, 7) is 6.93. The summed E-state index contributed by atoms with van der Waals surface area (Å²) in [6.07, 6.45) is 1.38. The van der Waals surface area contributed by atoms with Gasteiger partial charge in [-0.2, -0.15) is 0 Å². The van der Waals surface area contributed by atoms with Crippen LogP contribution in [0.2, 0.25) is 0 Å². The van der Waals surface area contributed by atoms with Crippen LogP contribution in [0.5, 0.6) is 5.75 Å². The first-order valence-electron chi connectivity index (χ1n) is 11.1. The number of benzene rings is 2. The van der Waals surface area contributed by atoms with Gasteiger partial charge >= 0.3 is 0 Å². The fraction of sp³-hybridized carbons (Fsp3) is 0.320. The molecule has 0 bridgehead atoms. The first-order chi connectivity index (χ1) is 16.0. The van der Waals surface area contributed by atoms with E-state index in [0.29, 0.717) is 30.4 Å². The number of carbonyl (C=O) groups is 2. The van der Waals surface area contributed by atoms with Crippen LogP contribution in [0.15, 0.2) is 53.1 Å². The Morgan fingerprint density at radius 1 is 1.03 bits per heavy atom. The number of aryl methyl sites for hydroxylation is 2. The van der Waals surface area contributed by atoms with Gasteiger partial charge in [-0.05, 0) is 43.2 Å². The number of rotatable bonds is 4. The van der Waals surface area contributed by atoms with E-state index in [0.717, 1.165) is 18.7 Å². The minimum atomic E-state index is -0.175. The van der Waals surface area contributed by atoms with Crippen molar-refractivity contribution in [2.45, 2.75) is 20.4 Å². The lowest BCUT2D eigenvalue weighted by Crippen LogP contribution is -2.49. The van der Waals surface area contributed by atoms with Gasteiger partial charge in [0.1, 0.15) is 18.6 Å². The summed E-state index contributed by atoms with van der Waals surface area (Å²) >= 11 is 0. The minimum absolute atomic E-state index is 0.0340. The molecule has 2 aromatic carbocycles.